The molecule has 5 nitrogen and oxygen atoms in total. The van der Waals surface area contributed by atoms with Gasteiger partial charge in [0.1, 0.15) is 0 Å². The van der Waals surface area contributed by atoms with Gasteiger partial charge in [-0.1, -0.05) is 0 Å². The van der Waals surface area contributed by atoms with Gasteiger partial charge in [0.15, 0.2) is 11.1 Å². The molecular formula is C63H3N3O2. The van der Waals surface area contributed by atoms with Gasteiger partial charge in [0.05, 0.1) is 0 Å². The van der Waals surface area contributed by atoms with E-state index in [0.29, 0.717) is 0 Å². The van der Waals surface area contributed by atoms with Crippen molar-refractivity contribution in [3.63, 3.8) is 0 Å². The van der Waals surface area contributed by atoms with Crippen LogP contribution in [0.2, 0.25) is 0 Å². The third kappa shape index (κ3) is 1.15. The van der Waals surface area contributed by atoms with Crippen LogP contribution in [-0.2, 0) is 18.1 Å². The van der Waals surface area contributed by atoms with Gasteiger partial charge in [0.25, 0.3) is 0 Å². The molecule has 0 bridgehead atoms. The molecule has 1 aliphatic heterocycles. The Morgan fingerprint density at radius 2 is 0.294 bits per heavy atom. The Morgan fingerprint density at radius 3 is 0.412 bits per heavy atom. The second-order valence-electron chi connectivity index (χ2n) is 24.9. The minimum Gasteiger partial charge on any atom is -0.246 e. The molecule has 29 aromatic rings. The molecule has 0 saturated carbocycles. The summed E-state index contributed by atoms with van der Waals surface area (Å²) in [5.41, 5.74) is 3.38. The van der Waals surface area contributed by atoms with Crippen molar-refractivity contribution < 1.29 is 0 Å². The highest BCUT2D eigenvalue weighted by molar-refractivity contribution is 6.82. The van der Waals surface area contributed by atoms with Crippen LogP contribution >= 0.6 is 0 Å². The van der Waals surface area contributed by atoms with E-state index in [-0.39, 0.29) is 11.4 Å². The summed E-state index contributed by atoms with van der Waals surface area (Å²) in [6.45, 7) is 0. The number of hydrogen-bond acceptors (Lipinski definition) is 2. The van der Waals surface area contributed by atoms with E-state index in [1.54, 1.807) is 147 Å². The van der Waals surface area contributed by atoms with Gasteiger partial charge in [-0.2, -0.15) is 0 Å². The second kappa shape index (κ2) is 5.15. The number of benzene rings is 18. The van der Waals surface area contributed by atoms with E-state index in [0.717, 1.165) is 0 Å². The van der Waals surface area contributed by atoms with Gasteiger partial charge in [0.2, 0.25) is 0 Å². The van der Waals surface area contributed by atoms with Crippen LogP contribution in [0.3, 0.4) is 0 Å². The highest BCUT2D eigenvalue weighted by atomic mass is 16.2. The molecule has 0 atom stereocenters. The van der Waals surface area contributed by atoms with Gasteiger partial charge in [-0.15, -0.1) is 0 Å². The third-order valence-corrected chi connectivity index (χ3v) is 25.0. The molecule has 68 heavy (non-hydrogen) atoms. The lowest BCUT2D eigenvalue weighted by Crippen LogP contribution is -2.75. The molecule has 5 heteroatoms. The number of nitrogens with zero attached hydrogens (tertiary/aromatic N) is 3. The van der Waals surface area contributed by atoms with Crippen LogP contribution in [-0.4, -0.2) is 13.9 Å². The fourth-order valence-electron chi connectivity index (χ4n) is 25.0. The Balaban J connectivity index is 1.24. The maximum Gasteiger partial charge on any atom is 0.348 e. The first kappa shape index (κ1) is 24.1. The predicted molar refractivity (Wildman–Crippen MR) is 279 cm³/mol. The third-order valence-electron chi connectivity index (χ3n) is 25.0. The largest absolute Gasteiger partial charge is 0.348 e. The first-order valence-corrected chi connectivity index (χ1v) is 24.9. The number of fused-ring (bicyclic) bond motifs is 1. The quantitative estimate of drug-likeness (QED) is 0.143. The van der Waals surface area contributed by atoms with Gasteiger partial charge in [-0.05, 0) is 291 Å². The van der Waals surface area contributed by atoms with Gasteiger partial charge >= 0.3 is 11.4 Å². The van der Waals surface area contributed by atoms with Crippen LogP contribution in [0, 0.1) is 0 Å². The average molecular weight is 834 g/mol. The van der Waals surface area contributed by atoms with Crippen LogP contribution in [0.15, 0.2) is 9.59 Å². The highest BCUT2D eigenvalue weighted by Gasteiger charge is 2.79. The zero-order chi connectivity index (χ0) is 40.4. The van der Waals surface area contributed by atoms with Crippen molar-refractivity contribution in [2.45, 2.75) is 11.1 Å². The predicted octanol–water partition coefficient (Wildman–Crippen LogP) is 14.3. The van der Waals surface area contributed by atoms with Crippen LogP contribution in [0.4, 0.5) is 0 Å². The fourth-order valence-corrected chi connectivity index (χ4v) is 25.0. The van der Waals surface area contributed by atoms with Crippen molar-refractivity contribution in [3.8, 4) is 0 Å². The minimum absolute atomic E-state index is 0.168. The summed E-state index contributed by atoms with van der Waals surface area (Å²) in [5.74, 6) is 0. The van der Waals surface area contributed by atoms with E-state index in [1.165, 1.54) is 178 Å². The minimum atomic E-state index is -0.893. The number of hydrogen-bond donors (Lipinski definition) is 0. The van der Waals surface area contributed by atoms with E-state index in [1.807, 2.05) is 0 Å². The molecule has 0 amide bonds. The molecule has 2 spiro atoms. The molecule has 0 unspecified atom stereocenters. The van der Waals surface area contributed by atoms with Crippen molar-refractivity contribution >= 4 is 291 Å². The summed E-state index contributed by atoms with van der Waals surface area (Å²) in [6.07, 6.45) is 0. The molecule has 5 aliphatic rings. The first-order valence-electron chi connectivity index (χ1n) is 24.9. The smallest absolute Gasteiger partial charge is 0.246 e. The van der Waals surface area contributed by atoms with E-state index < -0.39 is 11.1 Å². The summed E-state index contributed by atoms with van der Waals surface area (Å²) < 4.78 is 5.65. The number of aromatic nitrogens is 3. The van der Waals surface area contributed by atoms with Crippen LogP contribution < -0.4 is 11.4 Å². The first-order chi connectivity index (χ1) is 33.7. The summed E-state index contributed by atoms with van der Waals surface area (Å²) in [5, 5.41) is 82.3. The standard InChI is InChI=1S/C63H3N3O2/c1-64-60(67)65-62-56-48-40-30-20-12-4-2-3-6-10-8(4)16-24-18(10)28-22-14(6)15-7(3)11-9-5(2)13(12)21-27-17(9)25-19(11)29-23(15)33-32(22)42-36(28)46-38(24)44(34(40)26(16)20)52(56)54(46)58-50(42)51-43(33)37(29)47-39(25)45-35(27)41(31(21)30)49(48)57(62)53(45)55(47)59(51)63(58,62)66(65)61(64)68/h1H3. The fraction of sp³-hybridized carbons (Fsp3) is 0.0476. The molecule has 28 aromatic carbocycles. The van der Waals surface area contributed by atoms with Crippen LogP contribution in [0.25, 0.3) is 291 Å². The Kier molecular flexibility index (Phi) is 1.83. The summed E-state index contributed by atoms with van der Waals surface area (Å²) >= 11 is 0. The Bertz CT molecular complexity index is 6980. The molecule has 0 saturated heterocycles. The molecule has 0 N–H and O–H groups in total. The summed E-state index contributed by atoms with van der Waals surface area (Å²) in [4.78, 5) is 31.4. The summed E-state index contributed by atoms with van der Waals surface area (Å²) in [6, 6.07) is 0. The Morgan fingerprint density at radius 1 is 0.191 bits per heavy atom. The van der Waals surface area contributed by atoms with Gasteiger partial charge in [-0.3, -0.25) is 0 Å². The molecule has 0 radical (unpaired) electrons. The van der Waals surface area contributed by atoms with Gasteiger partial charge in [0, 0.05) is 29.3 Å². The van der Waals surface area contributed by atoms with Gasteiger partial charge < -0.3 is 0 Å². The lowest BCUT2D eigenvalue weighted by Gasteiger charge is -2.61. The lowest BCUT2D eigenvalue weighted by molar-refractivity contribution is 0.0433. The zero-order valence-corrected chi connectivity index (χ0v) is 34.2. The van der Waals surface area contributed by atoms with Crippen molar-refractivity contribution in [3.05, 3.63) is 43.2 Å². The Hall–Kier alpha value is -8.80. The van der Waals surface area contributed by atoms with E-state index in [4.69, 9.17) is 0 Å². The van der Waals surface area contributed by atoms with Crippen LogP contribution in [0.1, 0.15) is 22.3 Å². The van der Waals surface area contributed by atoms with E-state index in [2.05, 4.69) is 9.36 Å². The average Bonchev–Trinajstić information content (AvgIpc) is 4.23. The normalized spacial score (nSPS) is 22.4. The van der Waals surface area contributed by atoms with Crippen LogP contribution in [0.5, 0.6) is 0 Å². The van der Waals surface area contributed by atoms with E-state index in [9.17, 15) is 0 Å². The van der Waals surface area contributed by atoms with Crippen molar-refractivity contribution in [1.29, 1.82) is 0 Å². The lowest BCUT2D eigenvalue weighted by atomic mass is 9.55. The summed E-state index contributed by atoms with van der Waals surface area (Å²) in [7, 11) is 1.76. The zero-order valence-electron chi connectivity index (χ0n) is 34.2. The molecule has 2 heterocycles. The van der Waals surface area contributed by atoms with Crippen molar-refractivity contribution in [1.82, 2.24) is 13.9 Å². The molecule has 1 aromatic heterocycles. The monoisotopic (exact) mass is 833 g/mol. The SMILES string of the molecule is Cn1c(=O)n2n(c1=O)C13c4c5c6c7c8c9c(c%10c%11c1c1c4c4c%12c5c5c6c6c8c8c%13c9c9c%10c%10c%11c%11c1c1c4c4c%12c%12c5c5c6c8c6c8c%13c9c9c%10c%10c%11c1c1c4c4c%12c5c6c5c8c9c%10c1c45)C723. The highest BCUT2D eigenvalue weighted by Crippen LogP contribution is 2.85. The molecule has 0 fully saturated rings. The van der Waals surface area contributed by atoms with Crippen molar-refractivity contribution in [2.24, 2.45) is 7.05 Å². The molecule has 4 aliphatic carbocycles. The second-order valence-corrected chi connectivity index (χ2v) is 24.9. The van der Waals surface area contributed by atoms with E-state index >= 15 is 9.59 Å². The maximum absolute atomic E-state index is 15.7. The van der Waals surface area contributed by atoms with Gasteiger partial charge in [-0.25, -0.2) is 23.5 Å². The molecular weight excluding hydrogens is 831 g/mol. The van der Waals surface area contributed by atoms with Crippen molar-refractivity contribution in [2.75, 3.05) is 0 Å². The number of rotatable bonds is 0. The molecule has 34 rings (SSSR count). The molecule has 282 valence electrons. The Labute approximate surface area is 364 Å². The maximum atomic E-state index is 15.7. The topological polar surface area (TPSA) is 48.9 Å².